The predicted octanol–water partition coefficient (Wildman–Crippen LogP) is 0.739. The molecule has 0 saturated carbocycles. The number of hydrogen-bond donors (Lipinski definition) is 1. The molecule has 0 bridgehead atoms. The molecule has 0 amide bonds. The van der Waals surface area contributed by atoms with E-state index < -0.39 is 9.84 Å². The van der Waals surface area contributed by atoms with Crippen molar-refractivity contribution < 1.29 is 8.42 Å². The van der Waals surface area contributed by atoms with E-state index in [-0.39, 0.29) is 6.04 Å². The summed E-state index contributed by atoms with van der Waals surface area (Å²) in [4.78, 5) is 2.36. The van der Waals surface area contributed by atoms with Gasteiger partial charge in [0.05, 0.1) is 11.5 Å². The van der Waals surface area contributed by atoms with E-state index in [2.05, 4.69) is 31.0 Å². The number of rotatable bonds is 5. The van der Waals surface area contributed by atoms with Crippen molar-refractivity contribution in [2.24, 2.45) is 5.92 Å². The Hall–Kier alpha value is -0.130. The van der Waals surface area contributed by atoms with Crippen molar-refractivity contribution in [3.05, 3.63) is 0 Å². The third-order valence-corrected chi connectivity index (χ3v) is 5.32. The van der Waals surface area contributed by atoms with Crippen molar-refractivity contribution >= 4 is 9.84 Å². The van der Waals surface area contributed by atoms with E-state index in [0.29, 0.717) is 30.0 Å². The number of hydrogen-bond acceptors (Lipinski definition) is 4. The van der Waals surface area contributed by atoms with Gasteiger partial charge in [-0.1, -0.05) is 20.8 Å². The molecule has 2 atom stereocenters. The first-order valence-corrected chi connectivity index (χ1v) is 8.36. The Kier molecular flexibility index (Phi) is 5.41. The summed E-state index contributed by atoms with van der Waals surface area (Å²) < 4.78 is 23.1. The van der Waals surface area contributed by atoms with Crippen molar-refractivity contribution in [2.45, 2.75) is 39.8 Å². The smallest absolute Gasteiger partial charge is 0.153 e. The second kappa shape index (κ2) is 6.16. The van der Waals surface area contributed by atoms with E-state index in [4.69, 9.17) is 0 Å². The quantitative estimate of drug-likeness (QED) is 0.794. The fourth-order valence-electron chi connectivity index (χ4n) is 2.53. The normalized spacial score (nSPS) is 27.2. The minimum atomic E-state index is -2.81. The standard InChI is InChI=1S/C12H26N2O2S/c1-5-13-8-12(10(2)3)14-6-7-17(15,16)9-11(14)4/h10-13H,5-9H2,1-4H3. The van der Waals surface area contributed by atoms with Crippen LogP contribution in [0, 0.1) is 5.92 Å². The van der Waals surface area contributed by atoms with Gasteiger partial charge in [-0.3, -0.25) is 4.90 Å². The highest BCUT2D eigenvalue weighted by molar-refractivity contribution is 7.91. The zero-order chi connectivity index (χ0) is 13.1. The average Bonchev–Trinajstić information content (AvgIpc) is 2.19. The molecule has 102 valence electrons. The van der Waals surface area contributed by atoms with Crippen molar-refractivity contribution in [3.63, 3.8) is 0 Å². The molecule has 17 heavy (non-hydrogen) atoms. The van der Waals surface area contributed by atoms with Crippen LogP contribution in [0.5, 0.6) is 0 Å². The van der Waals surface area contributed by atoms with E-state index in [1.165, 1.54) is 0 Å². The summed E-state index contributed by atoms with van der Waals surface area (Å²) in [6, 6.07) is 0.570. The zero-order valence-corrected chi connectivity index (χ0v) is 12.3. The van der Waals surface area contributed by atoms with Gasteiger partial charge < -0.3 is 5.32 Å². The molecule has 5 heteroatoms. The molecule has 0 aromatic rings. The second-order valence-electron chi connectivity index (χ2n) is 5.32. The Balaban J connectivity index is 2.68. The molecule has 1 fully saturated rings. The molecule has 1 heterocycles. The van der Waals surface area contributed by atoms with Gasteiger partial charge in [0.25, 0.3) is 0 Å². The van der Waals surface area contributed by atoms with Crippen LogP contribution < -0.4 is 5.32 Å². The third-order valence-electron chi connectivity index (χ3n) is 3.52. The summed E-state index contributed by atoms with van der Waals surface area (Å²) in [6.45, 7) is 11.1. The first-order chi connectivity index (χ1) is 7.87. The summed E-state index contributed by atoms with van der Waals surface area (Å²) in [7, 11) is -2.81. The van der Waals surface area contributed by atoms with E-state index >= 15 is 0 Å². The molecular weight excluding hydrogens is 236 g/mol. The number of nitrogens with one attached hydrogen (secondary N) is 1. The van der Waals surface area contributed by atoms with Gasteiger partial charge in [-0.2, -0.15) is 0 Å². The molecule has 1 rings (SSSR count). The minimum absolute atomic E-state index is 0.139. The van der Waals surface area contributed by atoms with Gasteiger partial charge in [-0.05, 0) is 19.4 Å². The zero-order valence-electron chi connectivity index (χ0n) is 11.4. The monoisotopic (exact) mass is 262 g/mol. The molecule has 0 aromatic heterocycles. The predicted molar refractivity (Wildman–Crippen MR) is 72.0 cm³/mol. The van der Waals surface area contributed by atoms with Gasteiger partial charge in [-0.15, -0.1) is 0 Å². The SMILES string of the molecule is CCNCC(C(C)C)N1CCS(=O)(=O)CC1C. The van der Waals surface area contributed by atoms with Crippen LogP contribution in [0.1, 0.15) is 27.7 Å². The summed E-state index contributed by atoms with van der Waals surface area (Å²) in [6.07, 6.45) is 0. The first kappa shape index (κ1) is 14.9. The Morgan fingerprint density at radius 2 is 2.06 bits per heavy atom. The number of likely N-dealkylation sites (N-methyl/N-ethyl adjacent to an activating group) is 1. The van der Waals surface area contributed by atoms with Crippen LogP contribution in [0.15, 0.2) is 0 Å². The molecular formula is C12H26N2O2S. The van der Waals surface area contributed by atoms with Crippen molar-refractivity contribution in [2.75, 3.05) is 31.1 Å². The van der Waals surface area contributed by atoms with Gasteiger partial charge in [-0.25, -0.2) is 8.42 Å². The summed E-state index contributed by atoms with van der Waals surface area (Å²) in [5.41, 5.74) is 0. The van der Waals surface area contributed by atoms with Gasteiger partial charge in [0, 0.05) is 25.2 Å². The van der Waals surface area contributed by atoms with Crippen LogP contribution >= 0.6 is 0 Å². The van der Waals surface area contributed by atoms with Crippen molar-refractivity contribution in [1.82, 2.24) is 10.2 Å². The van der Waals surface area contributed by atoms with Gasteiger partial charge >= 0.3 is 0 Å². The summed E-state index contributed by atoms with van der Waals surface area (Å²) in [5.74, 6) is 1.16. The maximum atomic E-state index is 11.6. The highest BCUT2D eigenvalue weighted by atomic mass is 32.2. The number of sulfone groups is 1. The first-order valence-electron chi connectivity index (χ1n) is 6.54. The highest BCUT2D eigenvalue weighted by Gasteiger charge is 2.33. The maximum absolute atomic E-state index is 11.6. The molecule has 1 aliphatic rings. The molecule has 0 aliphatic carbocycles. The third kappa shape index (κ3) is 4.23. The maximum Gasteiger partial charge on any atom is 0.153 e. The van der Waals surface area contributed by atoms with Crippen LogP contribution in [-0.2, 0) is 9.84 Å². The highest BCUT2D eigenvalue weighted by Crippen LogP contribution is 2.19. The fraction of sp³-hybridized carbons (Fsp3) is 1.00. The molecule has 0 spiro atoms. The minimum Gasteiger partial charge on any atom is -0.315 e. The lowest BCUT2D eigenvalue weighted by atomic mass is 10.0. The number of nitrogens with zero attached hydrogens (tertiary/aromatic N) is 1. The topological polar surface area (TPSA) is 49.4 Å². The molecule has 1 saturated heterocycles. The molecule has 0 aromatic carbocycles. The van der Waals surface area contributed by atoms with E-state index in [1.807, 2.05) is 6.92 Å². The largest absolute Gasteiger partial charge is 0.315 e. The lowest BCUT2D eigenvalue weighted by Crippen LogP contribution is -2.56. The second-order valence-corrected chi connectivity index (χ2v) is 7.55. The lowest BCUT2D eigenvalue weighted by molar-refractivity contribution is 0.120. The molecule has 4 nitrogen and oxygen atoms in total. The Labute approximate surface area is 106 Å². The van der Waals surface area contributed by atoms with Crippen LogP contribution in [0.4, 0.5) is 0 Å². The summed E-state index contributed by atoms with van der Waals surface area (Å²) in [5, 5.41) is 3.38. The van der Waals surface area contributed by atoms with Crippen LogP contribution in [0.2, 0.25) is 0 Å². The summed E-state index contributed by atoms with van der Waals surface area (Å²) >= 11 is 0. The Morgan fingerprint density at radius 3 is 2.53 bits per heavy atom. The Bertz CT molecular complexity index is 327. The molecule has 0 radical (unpaired) electrons. The van der Waals surface area contributed by atoms with Gasteiger partial charge in [0.2, 0.25) is 0 Å². The van der Waals surface area contributed by atoms with E-state index in [9.17, 15) is 8.42 Å². The Morgan fingerprint density at radius 1 is 1.41 bits per heavy atom. The molecule has 2 unspecified atom stereocenters. The fourth-order valence-corrected chi connectivity index (χ4v) is 4.11. The van der Waals surface area contributed by atoms with Crippen LogP contribution in [0.3, 0.4) is 0 Å². The van der Waals surface area contributed by atoms with Crippen molar-refractivity contribution in [1.29, 1.82) is 0 Å². The van der Waals surface area contributed by atoms with Gasteiger partial charge in [0.15, 0.2) is 9.84 Å². The van der Waals surface area contributed by atoms with E-state index in [0.717, 1.165) is 13.1 Å². The van der Waals surface area contributed by atoms with Crippen molar-refractivity contribution in [3.8, 4) is 0 Å². The van der Waals surface area contributed by atoms with Crippen LogP contribution in [0.25, 0.3) is 0 Å². The molecule has 1 aliphatic heterocycles. The van der Waals surface area contributed by atoms with Crippen LogP contribution in [-0.4, -0.2) is 56.5 Å². The average molecular weight is 262 g/mol. The van der Waals surface area contributed by atoms with E-state index in [1.54, 1.807) is 0 Å². The lowest BCUT2D eigenvalue weighted by Gasteiger charge is -2.41. The van der Waals surface area contributed by atoms with Gasteiger partial charge in [0.1, 0.15) is 0 Å². The molecule has 1 N–H and O–H groups in total.